The molecule has 2 atom stereocenters. The Morgan fingerprint density at radius 1 is 1.19 bits per heavy atom. The minimum atomic E-state index is 0.253. The van der Waals surface area contributed by atoms with Crippen LogP contribution in [0.4, 0.5) is 0 Å². The van der Waals surface area contributed by atoms with Crippen LogP contribution in [-0.4, -0.2) is 34.2 Å². The fraction of sp³-hybridized carbons (Fsp3) is 0.391. The lowest BCUT2D eigenvalue weighted by Gasteiger charge is -2.35. The third-order valence-corrected chi connectivity index (χ3v) is 5.74. The van der Waals surface area contributed by atoms with Crippen molar-refractivity contribution in [3.63, 3.8) is 0 Å². The number of aromatic nitrogens is 2. The molecule has 1 N–H and O–H groups in total. The summed E-state index contributed by atoms with van der Waals surface area (Å²) in [6.45, 7) is 3.08. The van der Waals surface area contributed by atoms with Crippen LogP contribution in [0, 0.1) is 12.8 Å². The first-order valence-electron chi connectivity index (χ1n) is 9.80. The highest BCUT2D eigenvalue weighted by molar-refractivity contribution is 5.81. The van der Waals surface area contributed by atoms with Crippen LogP contribution in [0.5, 0.6) is 0 Å². The highest BCUT2D eigenvalue weighted by Gasteiger charge is 2.30. The van der Waals surface area contributed by atoms with E-state index in [2.05, 4.69) is 54.2 Å². The molecule has 0 unspecified atom stereocenters. The van der Waals surface area contributed by atoms with Crippen LogP contribution in [0.2, 0.25) is 0 Å². The molecular weight excluding hydrogens is 334 g/mol. The van der Waals surface area contributed by atoms with Gasteiger partial charge in [0.15, 0.2) is 0 Å². The summed E-state index contributed by atoms with van der Waals surface area (Å²) in [5, 5.41) is 0. The molecule has 1 aromatic heterocycles. The first kappa shape index (κ1) is 17.9. The van der Waals surface area contributed by atoms with E-state index in [0.717, 1.165) is 41.8 Å². The van der Waals surface area contributed by atoms with Crippen molar-refractivity contribution in [3.8, 4) is 0 Å². The lowest BCUT2D eigenvalue weighted by atomic mass is 9.86. The second kappa shape index (κ2) is 7.65. The molecule has 0 saturated carbocycles. The number of hydrogen-bond donors (Lipinski definition) is 1. The third kappa shape index (κ3) is 4.11. The molecule has 1 aliphatic heterocycles. The Morgan fingerprint density at radius 3 is 2.74 bits per heavy atom. The van der Waals surface area contributed by atoms with E-state index in [0.29, 0.717) is 24.5 Å². The van der Waals surface area contributed by atoms with Crippen LogP contribution in [0.25, 0.3) is 11.0 Å². The van der Waals surface area contributed by atoms with Gasteiger partial charge in [-0.3, -0.25) is 9.69 Å². The van der Waals surface area contributed by atoms with Crippen molar-refractivity contribution < 1.29 is 4.79 Å². The zero-order valence-electron chi connectivity index (χ0n) is 16.1. The van der Waals surface area contributed by atoms with Gasteiger partial charge in [-0.05, 0) is 57.0 Å². The van der Waals surface area contributed by atoms with E-state index in [4.69, 9.17) is 4.98 Å². The molecule has 0 amide bonds. The van der Waals surface area contributed by atoms with Crippen LogP contribution in [0.3, 0.4) is 0 Å². The summed E-state index contributed by atoms with van der Waals surface area (Å²) in [4.78, 5) is 23.2. The minimum Gasteiger partial charge on any atom is -0.341 e. The van der Waals surface area contributed by atoms with Crippen molar-refractivity contribution in [2.45, 2.75) is 38.6 Å². The van der Waals surface area contributed by atoms with Gasteiger partial charge in [-0.25, -0.2) is 4.98 Å². The molecule has 140 valence electrons. The van der Waals surface area contributed by atoms with Crippen molar-refractivity contribution >= 4 is 16.8 Å². The first-order valence-corrected chi connectivity index (χ1v) is 9.80. The van der Waals surface area contributed by atoms with Gasteiger partial charge in [0.1, 0.15) is 11.6 Å². The van der Waals surface area contributed by atoms with Crippen molar-refractivity contribution in [1.29, 1.82) is 0 Å². The normalized spacial score (nSPS) is 20.8. The highest BCUT2D eigenvalue weighted by Crippen LogP contribution is 2.34. The molecule has 2 heterocycles. The Hall–Kier alpha value is -2.46. The summed E-state index contributed by atoms with van der Waals surface area (Å²) in [6, 6.07) is 16.7. The van der Waals surface area contributed by atoms with E-state index in [9.17, 15) is 4.79 Å². The molecule has 1 aliphatic rings. The smallest absolute Gasteiger partial charge is 0.137 e. The van der Waals surface area contributed by atoms with Crippen LogP contribution in [-0.2, 0) is 11.2 Å². The molecule has 1 fully saturated rings. The maximum atomic E-state index is 12.6. The zero-order valence-corrected chi connectivity index (χ0v) is 16.1. The van der Waals surface area contributed by atoms with Gasteiger partial charge in [-0.15, -0.1) is 0 Å². The summed E-state index contributed by atoms with van der Waals surface area (Å²) in [7, 11) is 2.15. The van der Waals surface area contributed by atoms with E-state index in [1.807, 2.05) is 18.2 Å². The van der Waals surface area contributed by atoms with Gasteiger partial charge in [0.25, 0.3) is 0 Å². The number of rotatable bonds is 5. The van der Waals surface area contributed by atoms with Gasteiger partial charge in [-0.1, -0.05) is 42.0 Å². The predicted molar refractivity (Wildman–Crippen MR) is 109 cm³/mol. The number of fused-ring (bicyclic) bond motifs is 1. The number of nitrogens with zero attached hydrogens (tertiary/aromatic N) is 2. The molecular formula is C23H27N3O. The zero-order chi connectivity index (χ0) is 18.8. The molecule has 2 aromatic carbocycles. The lowest BCUT2D eigenvalue weighted by Crippen LogP contribution is -2.35. The van der Waals surface area contributed by atoms with Gasteiger partial charge in [0.05, 0.1) is 17.1 Å². The van der Waals surface area contributed by atoms with E-state index in [1.165, 1.54) is 5.56 Å². The van der Waals surface area contributed by atoms with Crippen molar-refractivity contribution in [1.82, 2.24) is 14.9 Å². The van der Waals surface area contributed by atoms with Crippen LogP contribution in [0.1, 0.15) is 42.3 Å². The Labute approximate surface area is 160 Å². The minimum absolute atomic E-state index is 0.253. The van der Waals surface area contributed by atoms with Gasteiger partial charge in [0, 0.05) is 12.8 Å². The molecule has 4 heteroatoms. The number of aryl methyl sites for hydroxylation is 1. The Kier molecular flexibility index (Phi) is 5.08. The number of nitrogens with one attached hydrogen (secondary N) is 1. The van der Waals surface area contributed by atoms with Crippen molar-refractivity contribution in [3.05, 3.63) is 65.5 Å². The molecule has 4 rings (SSSR count). The van der Waals surface area contributed by atoms with Crippen molar-refractivity contribution in [2.75, 3.05) is 13.6 Å². The number of imidazole rings is 1. The van der Waals surface area contributed by atoms with E-state index < -0.39 is 0 Å². The van der Waals surface area contributed by atoms with Crippen molar-refractivity contribution in [2.24, 2.45) is 5.92 Å². The Balaban J connectivity index is 1.42. The van der Waals surface area contributed by atoms with Gasteiger partial charge >= 0.3 is 0 Å². The number of hydrogen-bond acceptors (Lipinski definition) is 3. The first-order chi connectivity index (χ1) is 13.1. The van der Waals surface area contributed by atoms with Crippen LogP contribution < -0.4 is 0 Å². The second-order valence-corrected chi connectivity index (χ2v) is 7.93. The SMILES string of the molecule is Cc1ccc(CC(=O)C[C@@H]2CCN(C)[C@@H](c3nc4ccccc4[nH]3)C2)cc1. The number of para-hydroxylation sites is 2. The molecule has 0 radical (unpaired) electrons. The average Bonchev–Trinajstić information content (AvgIpc) is 3.09. The van der Waals surface area contributed by atoms with E-state index in [-0.39, 0.29) is 6.04 Å². The summed E-state index contributed by atoms with van der Waals surface area (Å²) >= 11 is 0. The molecule has 27 heavy (non-hydrogen) atoms. The maximum absolute atomic E-state index is 12.6. The van der Waals surface area contributed by atoms with E-state index >= 15 is 0 Å². The fourth-order valence-electron chi connectivity index (χ4n) is 4.12. The Morgan fingerprint density at radius 2 is 1.96 bits per heavy atom. The molecule has 0 spiro atoms. The largest absolute Gasteiger partial charge is 0.341 e. The van der Waals surface area contributed by atoms with Crippen LogP contribution >= 0.6 is 0 Å². The lowest BCUT2D eigenvalue weighted by molar-refractivity contribution is -0.119. The predicted octanol–water partition coefficient (Wildman–Crippen LogP) is 4.46. The standard InChI is InChI=1S/C23H27N3O/c1-16-7-9-17(10-8-16)13-19(27)14-18-11-12-26(2)22(15-18)23-24-20-5-3-4-6-21(20)25-23/h3-10,18,22H,11-15H2,1-2H3,(H,24,25)/t18-,22+/m0/s1. The molecule has 0 aliphatic carbocycles. The third-order valence-electron chi connectivity index (χ3n) is 5.74. The number of aromatic amines is 1. The molecule has 0 bridgehead atoms. The average molecular weight is 361 g/mol. The monoisotopic (exact) mass is 361 g/mol. The topological polar surface area (TPSA) is 49.0 Å². The number of benzene rings is 2. The number of Topliss-reactive ketones (excluding diaryl/α,β-unsaturated/α-hetero) is 1. The van der Waals surface area contributed by atoms with E-state index in [1.54, 1.807) is 0 Å². The number of H-pyrrole nitrogens is 1. The maximum Gasteiger partial charge on any atom is 0.137 e. The second-order valence-electron chi connectivity index (χ2n) is 7.93. The number of piperidine rings is 1. The summed E-state index contributed by atoms with van der Waals surface area (Å²) < 4.78 is 0. The molecule has 3 aromatic rings. The van der Waals surface area contributed by atoms with Gasteiger partial charge in [-0.2, -0.15) is 0 Å². The summed E-state index contributed by atoms with van der Waals surface area (Å²) in [5.74, 6) is 1.79. The van der Waals surface area contributed by atoms with Gasteiger partial charge < -0.3 is 4.98 Å². The number of ketones is 1. The quantitative estimate of drug-likeness (QED) is 0.730. The highest BCUT2D eigenvalue weighted by atomic mass is 16.1. The Bertz CT molecular complexity index is 895. The summed E-state index contributed by atoms with van der Waals surface area (Å²) in [6.07, 6.45) is 3.27. The van der Waals surface area contributed by atoms with Gasteiger partial charge in [0.2, 0.25) is 0 Å². The number of carbonyl (C=O) groups excluding carboxylic acids is 1. The van der Waals surface area contributed by atoms with Crippen LogP contribution in [0.15, 0.2) is 48.5 Å². The molecule has 4 nitrogen and oxygen atoms in total. The number of likely N-dealkylation sites (tertiary alicyclic amines) is 1. The summed E-state index contributed by atoms with van der Waals surface area (Å²) in [5.41, 5.74) is 4.44. The fourth-order valence-corrected chi connectivity index (χ4v) is 4.12. The number of carbonyl (C=O) groups is 1. The molecule has 1 saturated heterocycles.